The maximum atomic E-state index is 4.73. The number of halogens is 1. The molecule has 0 unspecified atom stereocenters. The van der Waals surface area contributed by atoms with Gasteiger partial charge in [0.25, 0.3) is 0 Å². The van der Waals surface area contributed by atoms with Crippen molar-refractivity contribution in [3.8, 4) is 22.8 Å². The van der Waals surface area contributed by atoms with Gasteiger partial charge in [0.05, 0.1) is 11.2 Å². The van der Waals surface area contributed by atoms with E-state index in [4.69, 9.17) is 4.98 Å². The summed E-state index contributed by atoms with van der Waals surface area (Å²) in [5.41, 5.74) is 3.64. The van der Waals surface area contributed by atoms with Crippen molar-refractivity contribution in [2.45, 2.75) is 0 Å². The number of fused-ring (bicyclic) bond motifs is 1. The standard InChI is InChI=1S/C19H12BrN3/c20-15-8-3-2-7-14(15)17-10-5-11-18(22-17)19-21-12-13-6-1-4-9-16(13)23-19/h1-12H. The highest BCUT2D eigenvalue weighted by Crippen LogP contribution is 2.28. The van der Waals surface area contributed by atoms with E-state index >= 15 is 0 Å². The third-order valence-corrected chi connectivity index (χ3v) is 4.31. The molecule has 0 saturated carbocycles. The van der Waals surface area contributed by atoms with Gasteiger partial charge in [0.15, 0.2) is 5.82 Å². The van der Waals surface area contributed by atoms with Crippen LogP contribution in [-0.4, -0.2) is 15.0 Å². The Bertz CT molecular complexity index is 998. The second kappa shape index (κ2) is 5.89. The van der Waals surface area contributed by atoms with E-state index in [-0.39, 0.29) is 0 Å². The van der Waals surface area contributed by atoms with Crippen LogP contribution in [0.15, 0.2) is 77.4 Å². The van der Waals surface area contributed by atoms with Crippen molar-refractivity contribution in [2.75, 3.05) is 0 Å². The van der Waals surface area contributed by atoms with Crippen LogP contribution in [0.4, 0.5) is 0 Å². The predicted molar refractivity (Wildman–Crippen MR) is 95.9 cm³/mol. The quantitative estimate of drug-likeness (QED) is 0.497. The molecule has 0 aliphatic rings. The zero-order valence-corrected chi connectivity index (χ0v) is 13.7. The minimum absolute atomic E-state index is 0.637. The monoisotopic (exact) mass is 361 g/mol. The van der Waals surface area contributed by atoms with Crippen LogP contribution in [0.2, 0.25) is 0 Å². The zero-order valence-electron chi connectivity index (χ0n) is 12.1. The van der Waals surface area contributed by atoms with Crippen LogP contribution < -0.4 is 0 Å². The average Bonchev–Trinajstić information content (AvgIpc) is 2.62. The third kappa shape index (κ3) is 2.73. The predicted octanol–water partition coefficient (Wildman–Crippen LogP) is 5.12. The highest BCUT2D eigenvalue weighted by molar-refractivity contribution is 9.10. The number of hydrogen-bond donors (Lipinski definition) is 0. The average molecular weight is 362 g/mol. The van der Waals surface area contributed by atoms with Gasteiger partial charge in [-0.2, -0.15) is 0 Å². The van der Waals surface area contributed by atoms with Crippen molar-refractivity contribution in [1.82, 2.24) is 15.0 Å². The lowest BCUT2D eigenvalue weighted by molar-refractivity contribution is 1.18. The van der Waals surface area contributed by atoms with E-state index in [9.17, 15) is 0 Å². The van der Waals surface area contributed by atoms with Gasteiger partial charge in [0.2, 0.25) is 0 Å². The van der Waals surface area contributed by atoms with Gasteiger partial charge in [-0.25, -0.2) is 15.0 Å². The third-order valence-electron chi connectivity index (χ3n) is 3.62. The zero-order chi connectivity index (χ0) is 15.6. The molecule has 0 aliphatic heterocycles. The summed E-state index contributed by atoms with van der Waals surface area (Å²) in [5, 5.41) is 1.03. The summed E-state index contributed by atoms with van der Waals surface area (Å²) in [4.78, 5) is 13.8. The van der Waals surface area contributed by atoms with E-state index in [0.717, 1.165) is 32.3 Å². The number of benzene rings is 2. The summed E-state index contributed by atoms with van der Waals surface area (Å²) in [6, 6.07) is 21.9. The summed E-state index contributed by atoms with van der Waals surface area (Å²) in [7, 11) is 0. The molecule has 2 aromatic heterocycles. The minimum atomic E-state index is 0.637. The van der Waals surface area contributed by atoms with Gasteiger partial charge in [-0.05, 0) is 24.3 Å². The maximum absolute atomic E-state index is 4.73. The van der Waals surface area contributed by atoms with Crippen LogP contribution >= 0.6 is 15.9 Å². The maximum Gasteiger partial charge on any atom is 0.178 e. The van der Waals surface area contributed by atoms with Crippen molar-refractivity contribution in [3.63, 3.8) is 0 Å². The van der Waals surface area contributed by atoms with Gasteiger partial charge >= 0.3 is 0 Å². The Morgan fingerprint density at radius 2 is 1.48 bits per heavy atom. The molecule has 0 fully saturated rings. The van der Waals surface area contributed by atoms with Crippen molar-refractivity contribution < 1.29 is 0 Å². The highest BCUT2D eigenvalue weighted by Gasteiger charge is 2.08. The molecule has 2 heterocycles. The topological polar surface area (TPSA) is 38.7 Å². The first-order valence-corrected chi connectivity index (χ1v) is 8.05. The summed E-state index contributed by atoms with van der Waals surface area (Å²) in [5.74, 6) is 0.637. The fourth-order valence-electron chi connectivity index (χ4n) is 2.47. The largest absolute Gasteiger partial charge is 0.244 e. The van der Waals surface area contributed by atoms with Crippen LogP contribution in [0.3, 0.4) is 0 Å². The molecule has 0 spiro atoms. The first kappa shape index (κ1) is 14.0. The molecule has 3 nitrogen and oxygen atoms in total. The van der Waals surface area contributed by atoms with E-state index in [0.29, 0.717) is 5.82 Å². The Morgan fingerprint density at radius 3 is 2.39 bits per heavy atom. The molecular formula is C19H12BrN3. The van der Waals surface area contributed by atoms with E-state index in [2.05, 4.69) is 25.9 Å². The summed E-state index contributed by atoms with van der Waals surface area (Å²) >= 11 is 3.58. The van der Waals surface area contributed by atoms with Crippen molar-refractivity contribution >= 4 is 26.8 Å². The molecule has 4 rings (SSSR count). The number of nitrogens with zero attached hydrogens (tertiary/aromatic N) is 3. The Balaban J connectivity index is 1.83. The molecular weight excluding hydrogens is 350 g/mol. The van der Waals surface area contributed by atoms with Crippen molar-refractivity contribution in [2.24, 2.45) is 0 Å². The Kier molecular flexibility index (Phi) is 3.60. The van der Waals surface area contributed by atoms with Crippen molar-refractivity contribution in [1.29, 1.82) is 0 Å². The van der Waals surface area contributed by atoms with Crippen molar-refractivity contribution in [3.05, 3.63) is 77.4 Å². The van der Waals surface area contributed by atoms with Crippen LogP contribution in [0.5, 0.6) is 0 Å². The molecule has 110 valence electrons. The summed E-state index contributed by atoms with van der Waals surface area (Å²) < 4.78 is 1.02. The number of pyridine rings is 1. The molecule has 0 saturated heterocycles. The normalized spacial score (nSPS) is 10.8. The van der Waals surface area contributed by atoms with Gasteiger partial charge in [0, 0.05) is 21.6 Å². The van der Waals surface area contributed by atoms with Gasteiger partial charge in [-0.15, -0.1) is 0 Å². The van der Waals surface area contributed by atoms with Crippen LogP contribution in [0.1, 0.15) is 0 Å². The van der Waals surface area contributed by atoms with Crippen LogP contribution in [-0.2, 0) is 0 Å². The lowest BCUT2D eigenvalue weighted by atomic mass is 10.1. The molecule has 23 heavy (non-hydrogen) atoms. The Morgan fingerprint density at radius 1 is 0.696 bits per heavy atom. The van der Waals surface area contributed by atoms with Crippen LogP contribution in [0.25, 0.3) is 33.7 Å². The molecule has 0 aliphatic carbocycles. The number of rotatable bonds is 2. The van der Waals surface area contributed by atoms with E-state index in [1.807, 2.05) is 72.9 Å². The second-order valence-electron chi connectivity index (χ2n) is 5.14. The molecule has 4 aromatic rings. The number of para-hydroxylation sites is 1. The van der Waals surface area contributed by atoms with Crippen LogP contribution in [0, 0.1) is 0 Å². The highest BCUT2D eigenvalue weighted by atomic mass is 79.9. The Hall–Kier alpha value is -2.59. The first-order chi connectivity index (χ1) is 11.3. The number of hydrogen-bond acceptors (Lipinski definition) is 3. The summed E-state index contributed by atoms with van der Waals surface area (Å²) in [6.45, 7) is 0. The van der Waals surface area contributed by atoms with E-state index in [1.165, 1.54) is 0 Å². The fraction of sp³-hybridized carbons (Fsp3) is 0. The minimum Gasteiger partial charge on any atom is -0.244 e. The lowest BCUT2D eigenvalue weighted by Gasteiger charge is -2.06. The SMILES string of the molecule is Brc1ccccc1-c1cccc(-c2ncc3ccccc3n2)n1. The number of aromatic nitrogens is 3. The van der Waals surface area contributed by atoms with E-state index < -0.39 is 0 Å². The molecule has 2 aromatic carbocycles. The first-order valence-electron chi connectivity index (χ1n) is 7.25. The molecule has 0 radical (unpaired) electrons. The molecule has 0 N–H and O–H groups in total. The molecule has 0 bridgehead atoms. The molecule has 4 heteroatoms. The fourth-order valence-corrected chi connectivity index (χ4v) is 2.96. The summed E-state index contributed by atoms with van der Waals surface area (Å²) in [6.07, 6.45) is 1.84. The second-order valence-corrected chi connectivity index (χ2v) is 5.99. The molecule has 0 atom stereocenters. The molecule has 0 amide bonds. The van der Waals surface area contributed by atoms with Gasteiger partial charge in [-0.1, -0.05) is 58.4 Å². The smallest absolute Gasteiger partial charge is 0.178 e. The lowest BCUT2D eigenvalue weighted by Crippen LogP contribution is -1.94. The van der Waals surface area contributed by atoms with Gasteiger partial charge < -0.3 is 0 Å². The Labute approximate surface area is 142 Å². The van der Waals surface area contributed by atoms with Gasteiger partial charge in [0.1, 0.15) is 5.69 Å². The van der Waals surface area contributed by atoms with Gasteiger partial charge in [-0.3, -0.25) is 0 Å². The van der Waals surface area contributed by atoms with E-state index in [1.54, 1.807) is 0 Å².